The van der Waals surface area contributed by atoms with Crippen LogP contribution < -0.4 is 0 Å². The average Bonchev–Trinajstić information content (AvgIpc) is 2.24. The molecule has 72 valence electrons. The maximum atomic E-state index is 11.1. The van der Waals surface area contributed by atoms with Gasteiger partial charge in [0.2, 0.25) is 0 Å². The van der Waals surface area contributed by atoms with Crippen LogP contribution in [0.1, 0.15) is 27.3 Å². The minimum absolute atomic E-state index is 0.0832. The molecule has 1 rings (SSSR count). The van der Waals surface area contributed by atoms with Crippen molar-refractivity contribution in [3.05, 3.63) is 48.5 Å². The van der Waals surface area contributed by atoms with Crippen molar-refractivity contribution < 1.29 is 9.53 Å². The van der Waals surface area contributed by atoms with Crippen LogP contribution in [0.15, 0.2) is 0 Å². The number of halogens is 1. The Morgan fingerprint density at radius 2 is 2.13 bits per heavy atom. The van der Waals surface area contributed by atoms with Gasteiger partial charge in [-0.3, -0.25) is 0 Å². The number of ether oxygens (including phenoxy) is 1. The second kappa shape index (κ2) is 4.28. The number of hydrogen-bond donors (Lipinski definition) is 0. The molecule has 1 heterocycles. The highest BCUT2D eigenvalue weighted by atomic mass is 35.5. The van der Waals surface area contributed by atoms with Crippen molar-refractivity contribution >= 4 is 17.6 Å². The molecule has 15 heavy (non-hydrogen) atoms. The van der Waals surface area contributed by atoms with Crippen molar-refractivity contribution in [1.29, 1.82) is 5.26 Å². The Balaban J connectivity index is 3.54. The second-order valence-corrected chi connectivity index (χ2v) is 2.84. The molecule has 0 bridgehead atoms. The van der Waals surface area contributed by atoms with E-state index in [9.17, 15) is 4.79 Å². The van der Waals surface area contributed by atoms with Gasteiger partial charge in [0.1, 0.15) is 6.07 Å². The number of hydrogen-bond acceptors (Lipinski definition) is 4. The molecule has 0 fully saturated rings. The molecular formula is C10H3ClN2O2. The standard InChI is InChI=1S/C10H3ClN2O2/c1-5-7(4-12)9(10(14)15-3)13-6(2)8(5)11/h1-3H. The Bertz CT molecular complexity index is 463. The van der Waals surface area contributed by atoms with Crippen LogP contribution in [-0.2, 0) is 4.74 Å². The van der Waals surface area contributed by atoms with Gasteiger partial charge >= 0.3 is 5.97 Å². The quantitative estimate of drug-likeness (QED) is 0.671. The van der Waals surface area contributed by atoms with Gasteiger partial charge in [-0.1, -0.05) is 11.6 Å². The first kappa shape index (κ1) is 11.5. The molecule has 1 aromatic rings. The number of nitriles is 1. The van der Waals surface area contributed by atoms with Crippen molar-refractivity contribution in [3.8, 4) is 6.07 Å². The van der Waals surface area contributed by atoms with Crippen LogP contribution in [0, 0.1) is 32.3 Å². The summed E-state index contributed by atoms with van der Waals surface area (Å²) in [6.07, 6.45) is 0. The van der Waals surface area contributed by atoms with Gasteiger partial charge in [-0.2, -0.15) is 5.26 Å². The van der Waals surface area contributed by atoms with E-state index in [0.717, 1.165) is 0 Å². The van der Waals surface area contributed by atoms with E-state index < -0.39 is 5.97 Å². The lowest BCUT2D eigenvalue weighted by atomic mass is 10.1. The first-order valence-electron chi connectivity index (χ1n) is 3.58. The van der Waals surface area contributed by atoms with Crippen LogP contribution in [-0.4, -0.2) is 11.0 Å². The lowest BCUT2D eigenvalue weighted by molar-refractivity contribution is 0.0647. The molecule has 0 N–H and O–H groups in total. The van der Waals surface area contributed by atoms with E-state index in [0.29, 0.717) is 0 Å². The summed E-state index contributed by atoms with van der Waals surface area (Å²) < 4.78 is 3.92. The van der Waals surface area contributed by atoms with Crippen molar-refractivity contribution in [2.75, 3.05) is 0 Å². The van der Waals surface area contributed by atoms with Crippen molar-refractivity contribution in [2.24, 2.45) is 0 Å². The number of pyridine rings is 1. The van der Waals surface area contributed by atoms with Crippen LogP contribution in [0.5, 0.6) is 0 Å². The first-order chi connectivity index (χ1) is 7.02. The summed E-state index contributed by atoms with van der Waals surface area (Å²) in [5.41, 5.74) is -0.885. The van der Waals surface area contributed by atoms with Gasteiger partial charge in [0.15, 0.2) is 12.8 Å². The molecule has 0 unspecified atom stereocenters. The minimum Gasteiger partial charge on any atom is -0.449 e. The largest absolute Gasteiger partial charge is 0.449 e. The van der Waals surface area contributed by atoms with Gasteiger partial charge in [0.05, 0.1) is 16.3 Å². The number of rotatable bonds is 1. The molecule has 0 spiro atoms. The maximum absolute atomic E-state index is 11.1. The summed E-state index contributed by atoms with van der Waals surface area (Å²) in [7, 11) is 4.65. The van der Waals surface area contributed by atoms with E-state index >= 15 is 0 Å². The molecule has 0 aliphatic rings. The molecule has 0 saturated carbocycles. The molecule has 4 nitrogen and oxygen atoms in total. The number of aromatic nitrogens is 1. The normalized spacial score (nSPS) is 9.53. The van der Waals surface area contributed by atoms with Gasteiger partial charge in [0.25, 0.3) is 0 Å². The van der Waals surface area contributed by atoms with E-state index in [1.54, 1.807) is 6.07 Å². The first-order valence-corrected chi connectivity index (χ1v) is 3.96. The predicted octanol–water partition coefficient (Wildman–Crippen LogP) is 1.55. The molecule has 1 aromatic heterocycles. The van der Waals surface area contributed by atoms with Crippen molar-refractivity contribution in [2.45, 2.75) is 0 Å². The lowest BCUT2D eigenvalue weighted by Crippen LogP contribution is -2.09. The van der Waals surface area contributed by atoms with Crippen LogP contribution in [0.2, 0.25) is 5.02 Å². The number of esters is 1. The van der Waals surface area contributed by atoms with Crippen LogP contribution >= 0.6 is 11.6 Å². The average molecular weight is 219 g/mol. The van der Waals surface area contributed by atoms with Crippen molar-refractivity contribution in [3.63, 3.8) is 0 Å². The lowest BCUT2D eigenvalue weighted by Gasteiger charge is -2.07. The predicted molar refractivity (Wildman–Crippen MR) is 50.5 cm³/mol. The Morgan fingerprint density at radius 1 is 1.53 bits per heavy atom. The summed E-state index contributed by atoms with van der Waals surface area (Å²) in [6, 6.07) is 1.66. The fourth-order valence-electron chi connectivity index (χ4n) is 0.917. The van der Waals surface area contributed by atoms with E-state index in [1.165, 1.54) is 0 Å². The van der Waals surface area contributed by atoms with Gasteiger partial charge < -0.3 is 4.74 Å². The van der Waals surface area contributed by atoms with E-state index in [4.69, 9.17) is 30.7 Å². The maximum Gasteiger partial charge on any atom is 0.358 e. The minimum atomic E-state index is -1.01. The number of carbonyl (C=O) groups excluding carboxylic acids is 1. The topological polar surface area (TPSA) is 63.0 Å². The van der Waals surface area contributed by atoms with Crippen LogP contribution in [0.25, 0.3) is 0 Å². The Labute approximate surface area is 92.4 Å². The molecule has 5 heteroatoms. The van der Waals surface area contributed by atoms with E-state index in [1.807, 2.05) is 0 Å². The Morgan fingerprint density at radius 3 is 2.60 bits per heavy atom. The highest BCUT2D eigenvalue weighted by molar-refractivity contribution is 6.32. The Hall–Kier alpha value is -1.60. The zero-order chi connectivity index (χ0) is 11.6. The zero-order valence-corrected chi connectivity index (χ0v) is 8.08. The summed E-state index contributed by atoms with van der Waals surface area (Å²) >= 11 is 5.63. The van der Waals surface area contributed by atoms with Gasteiger partial charge in [-0.15, -0.1) is 0 Å². The SMILES string of the molecule is [CH]OC(=O)c1nc([CH])c(Cl)c([CH])c1C#N. The summed E-state index contributed by atoms with van der Waals surface area (Å²) in [5.74, 6) is -1.01. The fourth-order valence-corrected chi connectivity index (χ4v) is 1.05. The molecule has 0 atom stereocenters. The molecular weight excluding hydrogens is 216 g/mol. The molecule has 0 saturated heterocycles. The highest BCUT2D eigenvalue weighted by Gasteiger charge is 2.19. The summed E-state index contributed by atoms with van der Waals surface area (Å²) in [6.45, 7) is 10.8. The number of carbonyl (C=O) groups is 1. The zero-order valence-electron chi connectivity index (χ0n) is 7.32. The van der Waals surface area contributed by atoms with Gasteiger partial charge in [-0.25, -0.2) is 9.78 Å². The molecule has 0 aliphatic heterocycles. The third-order valence-electron chi connectivity index (χ3n) is 1.61. The third-order valence-corrected chi connectivity index (χ3v) is 2.01. The summed E-state index contributed by atoms with van der Waals surface area (Å²) in [4.78, 5) is 14.7. The van der Waals surface area contributed by atoms with Gasteiger partial charge in [-0.05, 0) is 5.56 Å². The van der Waals surface area contributed by atoms with Crippen LogP contribution in [0.4, 0.5) is 0 Å². The molecule has 0 aliphatic carbocycles. The van der Waals surface area contributed by atoms with E-state index in [-0.39, 0.29) is 27.5 Å². The van der Waals surface area contributed by atoms with Crippen LogP contribution in [0.3, 0.4) is 0 Å². The smallest absolute Gasteiger partial charge is 0.358 e. The number of nitrogens with zero attached hydrogens (tertiary/aromatic N) is 2. The second-order valence-electron chi connectivity index (χ2n) is 2.47. The monoisotopic (exact) mass is 218 g/mol. The third kappa shape index (κ3) is 1.92. The van der Waals surface area contributed by atoms with Crippen molar-refractivity contribution in [1.82, 2.24) is 4.98 Å². The molecule has 6 radical (unpaired) electrons. The molecule has 0 amide bonds. The van der Waals surface area contributed by atoms with Gasteiger partial charge in [0, 0.05) is 13.8 Å². The fraction of sp³-hybridized carbons (Fsp3) is 0. The Kier molecular flexibility index (Phi) is 3.28. The molecule has 0 aromatic carbocycles. The summed E-state index contributed by atoms with van der Waals surface area (Å²) in [5, 5.41) is 8.66. The van der Waals surface area contributed by atoms with E-state index in [2.05, 4.69) is 16.8 Å². The highest BCUT2D eigenvalue weighted by Crippen LogP contribution is 2.24.